The molecule has 0 radical (unpaired) electrons. The molecule has 0 aliphatic heterocycles. The van der Waals surface area contributed by atoms with Crippen LogP contribution in [0.5, 0.6) is 0 Å². The van der Waals surface area contributed by atoms with Crippen LogP contribution in [-0.2, 0) is 25.4 Å². The van der Waals surface area contributed by atoms with E-state index in [1.807, 2.05) is 0 Å². The highest BCUT2D eigenvalue weighted by atomic mass is 31.2. The first-order chi connectivity index (χ1) is 14.6. The maximum absolute atomic E-state index is 12.8. The summed E-state index contributed by atoms with van der Waals surface area (Å²) in [5.41, 5.74) is 6.27. The molecule has 0 aliphatic rings. The third-order valence-electron chi connectivity index (χ3n) is 4.45. The fourth-order valence-corrected chi connectivity index (χ4v) is 3.89. The number of aliphatic carboxylic acids is 1. The lowest BCUT2D eigenvalue weighted by atomic mass is 10.0. The van der Waals surface area contributed by atoms with Gasteiger partial charge < -0.3 is 25.9 Å². The summed E-state index contributed by atoms with van der Waals surface area (Å²) in [6.45, 7) is 0. The monoisotopic (exact) mass is 449 g/mol. The van der Waals surface area contributed by atoms with Crippen LogP contribution in [0.1, 0.15) is 23.3 Å². The van der Waals surface area contributed by atoms with Crippen molar-refractivity contribution in [3.05, 3.63) is 71.8 Å². The van der Waals surface area contributed by atoms with E-state index in [-0.39, 0.29) is 12.0 Å². The molecule has 10 nitrogen and oxygen atoms in total. The zero-order valence-corrected chi connectivity index (χ0v) is 17.3. The third-order valence-corrected chi connectivity index (χ3v) is 5.57. The van der Waals surface area contributed by atoms with E-state index in [4.69, 9.17) is 5.73 Å². The van der Waals surface area contributed by atoms with E-state index in [0.717, 1.165) is 0 Å². The van der Waals surface area contributed by atoms with Crippen LogP contribution in [-0.4, -0.2) is 44.8 Å². The van der Waals surface area contributed by atoms with Crippen molar-refractivity contribution in [2.75, 3.05) is 0 Å². The zero-order valence-electron chi connectivity index (χ0n) is 16.4. The van der Waals surface area contributed by atoms with Gasteiger partial charge in [0.2, 0.25) is 11.8 Å². The minimum Gasteiger partial charge on any atom is -0.481 e. The summed E-state index contributed by atoms with van der Waals surface area (Å²) < 4.78 is 12.0. The van der Waals surface area contributed by atoms with Crippen LogP contribution in [0, 0.1) is 0 Å². The topological polar surface area (TPSA) is 179 Å². The maximum Gasteiger partial charge on any atom is 0.346 e. The van der Waals surface area contributed by atoms with Crippen LogP contribution in [0.25, 0.3) is 0 Å². The van der Waals surface area contributed by atoms with Crippen molar-refractivity contribution in [2.45, 2.75) is 30.7 Å². The molecule has 0 aromatic heterocycles. The lowest BCUT2D eigenvalue weighted by molar-refractivity contribution is -0.140. The van der Waals surface area contributed by atoms with E-state index >= 15 is 0 Å². The van der Waals surface area contributed by atoms with Gasteiger partial charge in [-0.25, -0.2) is 0 Å². The predicted octanol–water partition coefficient (Wildman–Crippen LogP) is 0.509. The van der Waals surface area contributed by atoms with Gasteiger partial charge in [0.15, 0.2) is 0 Å². The Kier molecular flexibility index (Phi) is 8.47. The molecule has 31 heavy (non-hydrogen) atoms. The van der Waals surface area contributed by atoms with E-state index in [0.29, 0.717) is 5.56 Å². The molecule has 2 rings (SSSR count). The average molecular weight is 449 g/mol. The average Bonchev–Trinajstić information content (AvgIpc) is 2.70. The van der Waals surface area contributed by atoms with Gasteiger partial charge in [-0.05, 0) is 11.1 Å². The molecular formula is C20H24N3O7P. The fraction of sp³-hybridized carbons (Fsp3) is 0.250. The molecule has 0 aliphatic carbocycles. The standard InChI is InChI=1S/C20H24N3O7P/c21-18(26)15(11-13-7-3-1-4-8-13)22-19(27)16(12-17(24)25)23-20(31(28,29)30)14-9-5-2-6-10-14/h1-10,15-16,20,23H,11-12H2,(H2,21,26)(H,22,27)(H,24,25)(H2,28,29,30)/t15-,16-,20?/m0/s1. The maximum atomic E-state index is 12.8. The first kappa shape index (κ1) is 24.2. The number of carbonyl (C=O) groups excluding carboxylic acids is 2. The van der Waals surface area contributed by atoms with Crippen molar-refractivity contribution >= 4 is 25.4 Å². The number of carboxylic acid groups (broad SMARTS) is 1. The number of amides is 2. The summed E-state index contributed by atoms with van der Waals surface area (Å²) in [5.74, 6) is -4.74. The molecule has 0 fully saturated rings. The lowest BCUT2D eigenvalue weighted by Gasteiger charge is -2.26. The van der Waals surface area contributed by atoms with Gasteiger partial charge in [0.25, 0.3) is 0 Å². The highest BCUT2D eigenvalue weighted by Crippen LogP contribution is 2.50. The first-order valence-electron chi connectivity index (χ1n) is 9.29. The Hall–Kier alpha value is -3.04. The molecule has 2 amide bonds. The minimum absolute atomic E-state index is 0.0717. The fourth-order valence-electron chi connectivity index (χ4n) is 2.96. The summed E-state index contributed by atoms with van der Waals surface area (Å²) in [7, 11) is -4.82. The van der Waals surface area contributed by atoms with Crippen LogP contribution >= 0.6 is 7.60 Å². The van der Waals surface area contributed by atoms with E-state index in [1.165, 1.54) is 12.1 Å². The summed E-state index contributed by atoms with van der Waals surface area (Å²) in [6.07, 6.45) is -0.700. The third kappa shape index (κ3) is 7.62. The Morgan fingerprint density at radius 3 is 1.97 bits per heavy atom. The quantitative estimate of drug-likeness (QED) is 0.269. The molecule has 0 bridgehead atoms. The van der Waals surface area contributed by atoms with Crippen LogP contribution in [0.3, 0.4) is 0 Å². The minimum atomic E-state index is -4.82. The molecule has 0 saturated carbocycles. The Morgan fingerprint density at radius 2 is 1.48 bits per heavy atom. The van der Waals surface area contributed by atoms with Gasteiger partial charge in [-0.2, -0.15) is 0 Å². The summed E-state index contributed by atoms with van der Waals surface area (Å²) in [4.78, 5) is 55.4. The Bertz CT molecular complexity index is 950. The Morgan fingerprint density at radius 1 is 0.935 bits per heavy atom. The molecule has 0 heterocycles. The molecule has 1 unspecified atom stereocenters. The van der Waals surface area contributed by atoms with E-state index in [1.54, 1.807) is 48.5 Å². The molecule has 166 valence electrons. The molecular weight excluding hydrogens is 425 g/mol. The predicted molar refractivity (Wildman–Crippen MR) is 112 cm³/mol. The number of hydrogen-bond donors (Lipinski definition) is 6. The number of rotatable bonds is 11. The summed E-state index contributed by atoms with van der Waals surface area (Å²) in [6, 6.07) is 13.7. The summed E-state index contributed by atoms with van der Waals surface area (Å²) >= 11 is 0. The number of nitrogens with two attached hydrogens (primary N) is 1. The van der Waals surface area contributed by atoms with Crippen LogP contribution in [0.2, 0.25) is 0 Å². The Balaban J connectivity index is 2.24. The first-order valence-corrected chi connectivity index (χ1v) is 11.0. The smallest absolute Gasteiger partial charge is 0.346 e. The normalized spacial score (nSPS) is 14.3. The van der Waals surface area contributed by atoms with Gasteiger partial charge in [-0.3, -0.25) is 24.3 Å². The van der Waals surface area contributed by atoms with Gasteiger partial charge >= 0.3 is 13.6 Å². The second-order valence-corrected chi connectivity index (χ2v) is 8.57. The van der Waals surface area contributed by atoms with Crippen LogP contribution in [0.15, 0.2) is 60.7 Å². The lowest BCUT2D eigenvalue weighted by Crippen LogP contribution is -2.53. The van der Waals surface area contributed by atoms with Crippen molar-refractivity contribution in [1.82, 2.24) is 10.6 Å². The van der Waals surface area contributed by atoms with E-state index < -0.39 is 49.7 Å². The van der Waals surface area contributed by atoms with Gasteiger partial charge in [-0.1, -0.05) is 60.7 Å². The number of nitrogens with one attached hydrogen (secondary N) is 2. The molecule has 11 heteroatoms. The largest absolute Gasteiger partial charge is 0.481 e. The van der Waals surface area contributed by atoms with E-state index in [9.17, 15) is 33.8 Å². The molecule has 2 aromatic rings. The number of carbonyl (C=O) groups is 3. The van der Waals surface area contributed by atoms with Gasteiger partial charge in [0, 0.05) is 6.42 Å². The van der Waals surface area contributed by atoms with Gasteiger partial charge in [0.05, 0.1) is 12.5 Å². The number of hydrogen-bond acceptors (Lipinski definition) is 5. The number of primary amides is 1. The van der Waals surface area contributed by atoms with Crippen molar-refractivity contribution in [1.29, 1.82) is 0 Å². The van der Waals surface area contributed by atoms with Crippen molar-refractivity contribution in [3.8, 4) is 0 Å². The molecule has 0 spiro atoms. The van der Waals surface area contributed by atoms with Crippen molar-refractivity contribution in [2.24, 2.45) is 5.73 Å². The van der Waals surface area contributed by atoms with Crippen molar-refractivity contribution < 1.29 is 33.8 Å². The number of benzene rings is 2. The molecule has 7 N–H and O–H groups in total. The number of carboxylic acids is 1. The second kappa shape index (κ2) is 10.8. The van der Waals surface area contributed by atoms with Gasteiger partial charge in [0.1, 0.15) is 11.8 Å². The highest BCUT2D eigenvalue weighted by molar-refractivity contribution is 7.52. The highest BCUT2D eigenvalue weighted by Gasteiger charge is 2.36. The van der Waals surface area contributed by atoms with E-state index in [2.05, 4.69) is 10.6 Å². The zero-order chi connectivity index (χ0) is 23.0. The van der Waals surface area contributed by atoms with Gasteiger partial charge in [-0.15, -0.1) is 0 Å². The van der Waals surface area contributed by atoms with Crippen molar-refractivity contribution in [3.63, 3.8) is 0 Å². The molecule has 0 saturated heterocycles. The summed E-state index contributed by atoms with van der Waals surface area (Å²) in [5, 5.41) is 14.0. The van der Waals surface area contributed by atoms with Crippen LogP contribution < -0.4 is 16.4 Å². The second-order valence-electron chi connectivity index (χ2n) is 6.87. The Labute approximate surface area is 178 Å². The SMILES string of the molecule is NC(=O)[C@H](Cc1ccccc1)NC(=O)[C@H](CC(=O)O)NC(c1ccccc1)P(=O)(O)O. The van der Waals surface area contributed by atoms with Crippen LogP contribution in [0.4, 0.5) is 0 Å². The molecule has 2 aromatic carbocycles. The molecule has 3 atom stereocenters.